The lowest BCUT2D eigenvalue weighted by Gasteiger charge is -2.09. The van der Waals surface area contributed by atoms with Gasteiger partial charge in [0.25, 0.3) is 5.91 Å². The van der Waals surface area contributed by atoms with Crippen LogP contribution in [0.25, 0.3) is 10.6 Å². The maximum Gasteiger partial charge on any atom is 0.267 e. The molecule has 0 atom stereocenters. The number of ether oxygens (including phenoxy) is 2. The van der Waals surface area contributed by atoms with Gasteiger partial charge >= 0.3 is 0 Å². The second kappa shape index (κ2) is 7.02. The second-order valence-electron chi connectivity index (χ2n) is 5.00. The molecule has 7 heteroatoms. The standard InChI is InChI=1S/C17H16N2O3S2/c1-10-15(24-17(18-10)11-4-5-23-9-11)16(20)19-12-6-13(21-2)8-14(7-12)22-3/h4-9H,1-3H3,(H,19,20). The van der Waals surface area contributed by atoms with Crippen LogP contribution in [0.1, 0.15) is 15.4 Å². The number of aromatic nitrogens is 1. The van der Waals surface area contributed by atoms with Gasteiger partial charge in [0.05, 0.1) is 19.9 Å². The summed E-state index contributed by atoms with van der Waals surface area (Å²) in [5, 5.41) is 7.75. The summed E-state index contributed by atoms with van der Waals surface area (Å²) in [4.78, 5) is 17.7. The molecule has 0 fully saturated rings. The molecule has 0 saturated carbocycles. The number of methoxy groups -OCH3 is 2. The molecule has 0 radical (unpaired) electrons. The van der Waals surface area contributed by atoms with Gasteiger partial charge in [-0.25, -0.2) is 4.98 Å². The minimum Gasteiger partial charge on any atom is -0.497 e. The Labute approximate surface area is 147 Å². The fourth-order valence-electron chi connectivity index (χ4n) is 2.18. The van der Waals surface area contributed by atoms with Crippen LogP contribution in [0.4, 0.5) is 5.69 Å². The van der Waals surface area contributed by atoms with Crippen LogP contribution in [0.2, 0.25) is 0 Å². The zero-order valence-electron chi connectivity index (χ0n) is 13.5. The first-order chi connectivity index (χ1) is 11.6. The molecule has 5 nitrogen and oxygen atoms in total. The Morgan fingerprint density at radius 3 is 2.46 bits per heavy atom. The fraction of sp³-hybridized carbons (Fsp3) is 0.176. The molecule has 2 heterocycles. The van der Waals surface area contributed by atoms with Gasteiger partial charge in [0.1, 0.15) is 21.4 Å². The first-order valence-corrected chi connectivity index (χ1v) is 8.91. The normalized spacial score (nSPS) is 10.5. The van der Waals surface area contributed by atoms with Gasteiger partial charge in [0.15, 0.2) is 0 Å². The van der Waals surface area contributed by atoms with Crippen molar-refractivity contribution in [2.24, 2.45) is 0 Å². The van der Waals surface area contributed by atoms with Gasteiger partial charge in [-0.2, -0.15) is 11.3 Å². The van der Waals surface area contributed by atoms with E-state index in [1.54, 1.807) is 43.8 Å². The zero-order valence-corrected chi connectivity index (χ0v) is 15.1. The van der Waals surface area contributed by atoms with E-state index in [-0.39, 0.29) is 5.91 Å². The van der Waals surface area contributed by atoms with E-state index >= 15 is 0 Å². The summed E-state index contributed by atoms with van der Waals surface area (Å²) in [6, 6.07) is 7.24. The van der Waals surface area contributed by atoms with E-state index in [1.807, 2.05) is 23.8 Å². The highest BCUT2D eigenvalue weighted by Crippen LogP contribution is 2.31. The SMILES string of the molecule is COc1cc(NC(=O)c2sc(-c3ccsc3)nc2C)cc(OC)c1. The van der Waals surface area contributed by atoms with Crippen molar-refractivity contribution >= 4 is 34.3 Å². The van der Waals surface area contributed by atoms with Gasteiger partial charge in [-0.15, -0.1) is 11.3 Å². The van der Waals surface area contributed by atoms with Crippen LogP contribution in [0.15, 0.2) is 35.0 Å². The van der Waals surface area contributed by atoms with E-state index < -0.39 is 0 Å². The van der Waals surface area contributed by atoms with Crippen LogP contribution >= 0.6 is 22.7 Å². The van der Waals surface area contributed by atoms with Gasteiger partial charge in [0.2, 0.25) is 0 Å². The van der Waals surface area contributed by atoms with Gasteiger partial charge in [-0.1, -0.05) is 0 Å². The molecule has 0 aliphatic carbocycles. The summed E-state index contributed by atoms with van der Waals surface area (Å²) in [5.41, 5.74) is 2.37. The molecular weight excluding hydrogens is 344 g/mol. The van der Waals surface area contributed by atoms with Gasteiger partial charge in [0, 0.05) is 34.8 Å². The van der Waals surface area contributed by atoms with Gasteiger partial charge in [-0.3, -0.25) is 4.79 Å². The van der Waals surface area contributed by atoms with E-state index in [0.717, 1.165) is 10.6 Å². The van der Waals surface area contributed by atoms with Crippen LogP contribution < -0.4 is 14.8 Å². The molecule has 1 amide bonds. The molecule has 24 heavy (non-hydrogen) atoms. The average molecular weight is 360 g/mol. The number of carbonyl (C=O) groups excluding carboxylic acids is 1. The summed E-state index contributed by atoms with van der Waals surface area (Å²) in [7, 11) is 3.14. The maximum atomic E-state index is 12.6. The topological polar surface area (TPSA) is 60.5 Å². The number of rotatable bonds is 5. The molecule has 0 aliphatic heterocycles. The lowest BCUT2D eigenvalue weighted by molar-refractivity contribution is 0.103. The van der Waals surface area contributed by atoms with Gasteiger partial charge in [-0.05, 0) is 18.4 Å². The van der Waals surface area contributed by atoms with Crippen LogP contribution in [0.5, 0.6) is 11.5 Å². The molecule has 124 valence electrons. The summed E-state index contributed by atoms with van der Waals surface area (Å²) in [5.74, 6) is 1.04. The number of thiophene rings is 1. The Morgan fingerprint density at radius 2 is 1.88 bits per heavy atom. The third-order valence-electron chi connectivity index (χ3n) is 3.38. The number of hydrogen-bond donors (Lipinski definition) is 1. The first kappa shape index (κ1) is 16.5. The van der Waals surface area contributed by atoms with Crippen molar-refractivity contribution in [3.63, 3.8) is 0 Å². The van der Waals surface area contributed by atoms with Crippen molar-refractivity contribution in [1.82, 2.24) is 4.98 Å². The third-order valence-corrected chi connectivity index (χ3v) is 5.27. The molecule has 0 unspecified atom stereocenters. The number of thiazole rings is 1. The van der Waals surface area contributed by atoms with Crippen LogP contribution in [0.3, 0.4) is 0 Å². The highest BCUT2D eigenvalue weighted by molar-refractivity contribution is 7.17. The van der Waals surface area contributed by atoms with E-state index in [9.17, 15) is 4.79 Å². The molecule has 2 aromatic heterocycles. The molecule has 3 rings (SSSR count). The van der Waals surface area contributed by atoms with Crippen LogP contribution in [-0.2, 0) is 0 Å². The minimum absolute atomic E-state index is 0.193. The third kappa shape index (κ3) is 3.42. The fourth-order valence-corrected chi connectivity index (χ4v) is 3.86. The largest absolute Gasteiger partial charge is 0.497 e. The summed E-state index contributed by atoms with van der Waals surface area (Å²) < 4.78 is 10.4. The molecule has 1 aromatic carbocycles. The molecule has 0 bridgehead atoms. The molecular formula is C17H16N2O3S2. The molecule has 0 saturated heterocycles. The number of carbonyl (C=O) groups is 1. The van der Waals surface area contributed by atoms with Crippen molar-refractivity contribution in [3.05, 3.63) is 45.6 Å². The van der Waals surface area contributed by atoms with Crippen molar-refractivity contribution in [2.45, 2.75) is 6.92 Å². The Morgan fingerprint density at radius 1 is 1.17 bits per heavy atom. The van der Waals surface area contributed by atoms with E-state index in [2.05, 4.69) is 10.3 Å². The van der Waals surface area contributed by atoms with Crippen molar-refractivity contribution < 1.29 is 14.3 Å². The molecule has 0 aliphatic rings. The second-order valence-corrected chi connectivity index (χ2v) is 6.78. The van der Waals surface area contributed by atoms with Crippen molar-refractivity contribution in [3.8, 4) is 22.1 Å². The monoisotopic (exact) mass is 360 g/mol. The predicted molar refractivity (Wildman–Crippen MR) is 97.7 cm³/mol. The molecule has 3 aromatic rings. The van der Waals surface area contributed by atoms with E-state index in [4.69, 9.17) is 9.47 Å². The van der Waals surface area contributed by atoms with E-state index in [1.165, 1.54) is 11.3 Å². The highest BCUT2D eigenvalue weighted by Gasteiger charge is 2.17. The number of anilines is 1. The number of amides is 1. The van der Waals surface area contributed by atoms with Crippen molar-refractivity contribution in [2.75, 3.05) is 19.5 Å². The summed E-state index contributed by atoms with van der Waals surface area (Å²) in [6.45, 7) is 1.84. The number of aryl methyl sites for hydroxylation is 1. The van der Waals surface area contributed by atoms with E-state index in [0.29, 0.717) is 27.8 Å². The summed E-state index contributed by atoms with van der Waals surface area (Å²) >= 11 is 2.99. The first-order valence-electron chi connectivity index (χ1n) is 7.15. The minimum atomic E-state index is -0.193. The van der Waals surface area contributed by atoms with Crippen LogP contribution in [-0.4, -0.2) is 25.1 Å². The summed E-state index contributed by atoms with van der Waals surface area (Å²) in [6.07, 6.45) is 0. The Bertz CT molecular complexity index is 835. The number of benzene rings is 1. The Balaban J connectivity index is 1.85. The van der Waals surface area contributed by atoms with Gasteiger partial charge < -0.3 is 14.8 Å². The lowest BCUT2D eigenvalue weighted by atomic mass is 10.2. The Hall–Kier alpha value is -2.38. The molecule has 0 spiro atoms. The van der Waals surface area contributed by atoms with Crippen LogP contribution in [0, 0.1) is 6.92 Å². The zero-order chi connectivity index (χ0) is 17.1. The average Bonchev–Trinajstić information content (AvgIpc) is 3.23. The van der Waals surface area contributed by atoms with Crippen molar-refractivity contribution in [1.29, 1.82) is 0 Å². The highest BCUT2D eigenvalue weighted by atomic mass is 32.1. The lowest BCUT2D eigenvalue weighted by Crippen LogP contribution is -2.11. The smallest absolute Gasteiger partial charge is 0.267 e. The molecule has 1 N–H and O–H groups in total. The predicted octanol–water partition coefficient (Wildman–Crippen LogP) is 4.45. The maximum absolute atomic E-state index is 12.6. The number of hydrogen-bond acceptors (Lipinski definition) is 6. The quantitative estimate of drug-likeness (QED) is 0.730. The Kier molecular flexibility index (Phi) is 4.82. The number of nitrogens with one attached hydrogen (secondary N) is 1. The number of nitrogens with zero attached hydrogens (tertiary/aromatic N) is 1.